The monoisotopic (exact) mass is 274 g/mol. The third-order valence-electron chi connectivity index (χ3n) is 4.50. The van der Waals surface area contributed by atoms with Gasteiger partial charge in [0.2, 0.25) is 0 Å². The van der Waals surface area contributed by atoms with Crippen molar-refractivity contribution >= 4 is 5.91 Å². The summed E-state index contributed by atoms with van der Waals surface area (Å²) >= 11 is 0. The molecule has 0 spiro atoms. The zero-order valence-corrected chi connectivity index (χ0v) is 12.8. The van der Waals surface area contributed by atoms with Gasteiger partial charge in [-0.3, -0.25) is 4.79 Å². The van der Waals surface area contributed by atoms with Crippen LogP contribution in [0, 0.1) is 5.41 Å². The van der Waals surface area contributed by atoms with Gasteiger partial charge in [0.1, 0.15) is 0 Å². The second-order valence-electron chi connectivity index (χ2n) is 6.44. The Morgan fingerprint density at radius 1 is 1.25 bits per heavy atom. The molecular formula is C17H26N2O. The maximum Gasteiger partial charge on any atom is 0.251 e. The van der Waals surface area contributed by atoms with Crippen LogP contribution in [0.2, 0.25) is 0 Å². The lowest BCUT2D eigenvalue weighted by Gasteiger charge is -2.39. The van der Waals surface area contributed by atoms with Gasteiger partial charge in [-0.05, 0) is 36.0 Å². The van der Waals surface area contributed by atoms with E-state index in [1.807, 2.05) is 24.3 Å². The molecule has 20 heavy (non-hydrogen) atoms. The van der Waals surface area contributed by atoms with E-state index >= 15 is 0 Å². The highest BCUT2D eigenvalue weighted by atomic mass is 16.1. The summed E-state index contributed by atoms with van der Waals surface area (Å²) in [6, 6.07) is 8.44. The van der Waals surface area contributed by atoms with Gasteiger partial charge in [0.25, 0.3) is 5.91 Å². The minimum atomic E-state index is -0.0297. The van der Waals surface area contributed by atoms with Crippen LogP contribution >= 0.6 is 0 Å². The van der Waals surface area contributed by atoms with Gasteiger partial charge in [-0.2, -0.15) is 0 Å². The van der Waals surface area contributed by atoms with E-state index in [9.17, 15) is 4.79 Å². The quantitative estimate of drug-likeness (QED) is 0.886. The Hall–Kier alpha value is -1.35. The first-order valence-electron chi connectivity index (χ1n) is 7.57. The third kappa shape index (κ3) is 3.60. The molecule has 0 bridgehead atoms. The molecule has 0 saturated heterocycles. The first-order chi connectivity index (χ1) is 9.53. The molecule has 2 N–H and O–H groups in total. The molecule has 110 valence electrons. The zero-order valence-electron chi connectivity index (χ0n) is 12.8. The molecule has 1 unspecified atom stereocenters. The normalized spacial score (nSPS) is 21.4. The van der Waals surface area contributed by atoms with Crippen LogP contribution in [0.15, 0.2) is 24.3 Å². The Bertz CT molecular complexity index is 451. The molecule has 1 amide bonds. The van der Waals surface area contributed by atoms with Gasteiger partial charge in [-0.1, -0.05) is 38.8 Å². The highest BCUT2D eigenvalue weighted by Gasteiger charge is 2.31. The van der Waals surface area contributed by atoms with Crippen molar-refractivity contribution in [1.82, 2.24) is 10.6 Å². The van der Waals surface area contributed by atoms with Crippen LogP contribution in [-0.2, 0) is 6.54 Å². The first kappa shape index (κ1) is 15.0. The molecule has 3 nitrogen and oxygen atoms in total. The van der Waals surface area contributed by atoms with Crippen LogP contribution < -0.4 is 10.6 Å². The van der Waals surface area contributed by atoms with E-state index in [1.54, 1.807) is 7.05 Å². The Balaban J connectivity index is 1.92. The molecule has 1 aromatic rings. The maximum atomic E-state index is 11.5. The molecule has 0 heterocycles. The number of hydrogen-bond donors (Lipinski definition) is 2. The third-order valence-corrected chi connectivity index (χ3v) is 4.50. The van der Waals surface area contributed by atoms with Crippen molar-refractivity contribution in [3.63, 3.8) is 0 Å². The Labute approximate surface area is 122 Å². The Morgan fingerprint density at radius 3 is 2.55 bits per heavy atom. The summed E-state index contributed by atoms with van der Waals surface area (Å²) in [5.74, 6) is -0.0297. The smallest absolute Gasteiger partial charge is 0.251 e. The SMILES string of the molecule is CNC(=O)c1ccc(CNC2CCCCC2(C)C)cc1. The average molecular weight is 274 g/mol. The largest absolute Gasteiger partial charge is 0.355 e. The average Bonchev–Trinajstić information content (AvgIpc) is 2.45. The minimum absolute atomic E-state index is 0.0297. The lowest BCUT2D eigenvalue weighted by Crippen LogP contribution is -2.43. The van der Waals surface area contributed by atoms with Crippen LogP contribution in [0.25, 0.3) is 0 Å². The highest BCUT2D eigenvalue weighted by Crippen LogP contribution is 2.35. The van der Waals surface area contributed by atoms with Gasteiger partial charge in [-0.25, -0.2) is 0 Å². The summed E-state index contributed by atoms with van der Waals surface area (Å²) in [4.78, 5) is 11.5. The molecule has 2 rings (SSSR count). The van der Waals surface area contributed by atoms with Crippen molar-refractivity contribution in [2.24, 2.45) is 5.41 Å². The molecule has 0 aromatic heterocycles. The standard InChI is InChI=1S/C17H26N2O/c1-17(2)11-5-4-6-15(17)19-12-13-7-9-14(10-8-13)16(20)18-3/h7-10,15,19H,4-6,11-12H2,1-3H3,(H,18,20). The van der Waals surface area contributed by atoms with Gasteiger partial charge < -0.3 is 10.6 Å². The van der Waals surface area contributed by atoms with Crippen LogP contribution in [0.3, 0.4) is 0 Å². The summed E-state index contributed by atoms with van der Waals surface area (Å²) in [5, 5.41) is 6.33. The number of amides is 1. The van der Waals surface area contributed by atoms with Crippen LogP contribution in [0.1, 0.15) is 55.5 Å². The van der Waals surface area contributed by atoms with E-state index in [2.05, 4.69) is 24.5 Å². The maximum absolute atomic E-state index is 11.5. The van der Waals surface area contributed by atoms with Crippen molar-refractivity contribution in [3.8, 4) is 0 Å². The molecule has 1 saturated carbocycles. The van der Waals surface area contributed by atoms with Gasteiger partial charge in [0, 0.05) is 25.2 Å². The molecular weight excluding hydrogens is 248 g/mol. The molecule has 3 heteroatoms. The molecule has 1 aliphatic rings. The first-order valence-corrected chi connectivity index (χ1v) is 7.57. The van der Waals surface area contributed by atoms with Crippen molar-refractivity contribution < 1.29 is 4.79 Å². The number of benzene rings is 1. The van der Waals surface area contributed by atoms with E-state index in [1.165, 1.54) is 31.2 Å². The van der Waals surface area contributed by atoms with E-state index in [0.29, 0.717) is 17.0 Å². The van der Waals surface area contributed by atoms with E-state index < -0.39 is 0 Å². The van der Waals surface area contributed by atoms with Crippen molar-refractivity contribution in [2.45, 2.75) is 52.1 Å². The predicted molar refractivity (Wildman–Crippen MR) is 82.7 cm³/mol. The second-order valence-corrected chi connectivity index (χ2v) is 6.44. The number of hydrogen-bond acceptors (Lipinski definition) is 2. The summed E-state index contributed by atoms with van der Waals surface area (Å²) in [5.41, 5.74) is 2.34. The van der Waals surface area contributed by atoms with E-state index in [4.69, 9.17) is 0 Å². The van der Waals surface area contributed by atoms with Crippen molar-refractivity contribution in [2.75, 3.05) is 7.05 Å². The Morgan fingerprint density at radius 2 is 1.95 bits per heavy atom. The fourth-order valence-electron chi connectivity index (χ4n) is 3.03. The fourth-order valence-corrected chi connectivity index (χ4v) is 3.03. The molecule has 0 radical (unpaired) electrons. The molecule has 1 aliphatic carbocycles. The van der Waals surface area contributed by atoms with Gasteiger partial charge >= 0.3 is 0 Å². The summed E-state index contributed by atoms with van der Waals surface area (Å²) in [7, 11) is 1.66. The minimum Gasteiger partial charge on any atom is -0.355 e. The predicted octanol–water partition coefficient (Wildman–Crippen LogP) is 3.10. The van der Waals surface area contributed by atoms with Crippen LogP contribution in [0.5, 0.6) is 0 Å². The molecule has 1 fully saturated rings. The van der Waals surface area contributed by atoms with E-state index in [-0.39, 0.29) is 5.91 Å². The summed E-state index contributed by atoms with van der Waals surface area (Å²) < 4.78 is 0. The number of carbonyl (C=O) groups is 1. The summed E-state index contributed by atoms with van der Waals surface area (Å²) in [6.45, 7) is 5.60. The van der Waals surface area contributed by atoms with Gasteiger partial charge in [-0.15, -0.1) is 0 Å². The molecule has 1 atom stereocenters. The zero-order chi connectivity index (χ0) is 14.6. The number of nitrogens with one attached hydrogen (secondary N) is 2. The molecule has 0 aliphatic heterocycles. The van der Waals surface area contributed by atoms with Gasteiger partial charge in [0.05, 0.1) is 0 Å². The summed E-state index contributed by atoms with van der Waals surface area (Å²) in [6.07, 6.45) is 5.26. The lowest BCUT2D eigenvalue weighted by atomic mass is 9.73. The fraction of sp³-hybridized carbons (Fsp3) is 0.588. The topological polar surface area (TPSA) is 41.1 Å². The van der Waals surface area contributed by atoms with Crippen LogP contribution in [-0.4, -0.2) is 19.0 Å². The Kier molecular flexibility index (Phi) is 4.81. The van der Waals surface area contributed by atoms with Crippen LogP contribution in [0.4, 0.5) is 0 Å². The van der Waals surface area contributed by atoms with Crippen molar-refractivity contribution in [1.29, 1.82) is 0 Å². The number of rotatable bonds is 4. The van der Waals surface area contributed by atoms with E-state index in [0.717, 1.165) is 6.54 Å². The molecule has 1 aromatic carbocycles. The highest BCUT2D eigenvalue weighted by molar-refractivity contribution is 5.93. The second kappa shape index (κ2) is 6.40. The van der Waals surface area contributed by atoms with Crippen molar-refractivity contribution in [3.05, 3.63) is 35.4 Å². The number of carbonyl (C=O) groups excluding carboxylic acids is 1. The van der Waals surface area contributed by atoms with Gasteiger partial charge in [0.15, 0.2) is 0 Å². The lowest BCUT2D eigenvalue weighted by molar-refractivity contribution is 0.0963.